The van der Waals surface area contributed by atoms with Gasteiger partial charge in [0, 0.05) is 5.12 Å². The molecule has 17 heteroatoms. The van der Waals surface area contributed by atoms with Crippen LogP contribution in [0.5, 0.6) is 0 Å². The van der Waals surface area contributed by atoms with Gasteiger partial charge in [-0.1, -0.05) is 6.58 Å². The van der Waals surface area contributed by atoms with Crippen LogP contribution >= 0.6 is 0 Å². The molecule has 0 saturated carbocycles. The normalized spacial score (nSPS) is 17.4. The van der Waals surface area contributed by atoms with E-state index in [-0.39, 0.29) is 0 Å². The van der Waals surface area contributed by atoms with Crippen LogP contribution in [0.2, 0.25) is 0 Å². The molecule has 0 radical (unpaired) electrons. The first-order valence-corrected chi connectivity index (χ1v) is 5.02. The van der Waals surface area contributed by atoms with Crippen LogP contribution in [0.4, 0.5) is 65.9 Å². The summed E-state index contributed by atoms with van der Waals surface area (Å²) in [7, 11) is 0. The lowest BCUT2D eigenvalue weighted by Crippen LogP contribution is -2.72. The number of rotatable bonds is 5. The molecule has 0 bridgehead atoms. The minimum absolute atomic E-state index is 1.55. The topological polar surface area (TPSA) is 12.5 Å². The lowest BCUT2D eigenvalue weighted by Gasteiger charge is -2.40. The van der Waals surface area contributed by atoms with Crippen LogP contribution < -0.4 is 0 Å². The van der Waals surface area contributed by atoms with E-state index >= 15 is 0 Å². The SMILES string of the molecule is C=C(OC(F)(F)C(F)(C(F)(F)F)C(F)(F)N(F)C(F)(F)F)C(F)(F)F. The maximum atomic E-state index is 13.4. The van der Waals surface area contributed by atoms with Gasteiger partial charge in [-0.15, -0.1) is 4.48 Å². The number of halogens is 15. The van der Waals surface area contributed by atoms with Crippen molar-refractivity contribution in [3.05, 3.63) is 12.3 Å². The number of nitrogens with zero attached hydrogens (tertiary/aromatic N) is 1. The van der Waals surface area contributed by atoms with Gasteiger partial charge < -0.3 is 4.74 Å². The Morgan fingerprint density at radius 3 is 1.32 bits per heavy atom. The van der Waals surface area contributed by atoms with Gasteiger partial charge in [0.05, 0.1) is 0 Å². The fraction of sp³-hybridized carbons (Fsp3) is 0.750. The van der Waals surface area contributed by atoms with Crippen molar-refractivity contribution in [1.82, 2.24) is 5.12 Å². The Morgan fingerprint density at radius 1 is 0.720 bits per heavy atom. The standard InChI is InChI=1S/C8H2F15NO/c1-2(3(9,10)11)25-7(18,19)4(12,5(13,14)15)6(16,17)24(23)8(20,21)22/h1H2. The highest BCUT2D eigenvalue weighted by Gasteiger charge is 2.89. The van der Waals surface area contributed by atoms with Crippen LogP contribution in [-0.2, 0) is 4.74 Å². The van der Waals surface area contributed by atoms with Crippen molar-refractivity contribution in [3.8, 4) is 0 Å². The van der Waals surface area contributed by atoms with Gasteiger partial charge >= 0.3 is 36.5 Å². The zero-order valence-electron chi connectivity index (χ0n) is 10.7. The molecule has 25 heavy (non-hydrogen) atoms. The molecule has 0 aliphatic carbocycles. The Labute approximate surface area is 126 Å². The second kappa shape index (κ2) is 6.01. The quantitative estimate of drug-likeness (QED) is 0.265. The predicted molar refractivity (Wildman–Crippen MR) is 45.1 cm³/mol. The summed E-state index contributed by atoms with van der Waals surface area (Å²) < 4.78 is 188. The molecule has 0 amide bonds. The van der Waals surface area contributed by atoms with Crippen LogP contribution in [0, 0.1) is 0 Å². The highest BCUT2D eigenvalue weighted by Crippen LogP contribution is 2.58. The summed E-state index contributed by atoms with van der Waals surface area (Å²) in [5.41, 5.74) is -7.91. The Balaban J connectivity index is 6.38. The molecule has 150 valence electrons. The second-order valence-electron chi connectivity index (χ2n) is 3.99. The predicted octanol–water partition coefficient (Wildman–Crippen LogP) is 5.24. The van der Waals surface area contributed by atoms with Crippen molar-refractivity contribution in [2.45, 2.75) is 36.5 Å². The third-order valence-electron chi connectivity index (χ3n) is 2.24. The molecule has 1 unspecified atom stereocenters. The van der Waals surface area contributed by atoms with Crippen molar-refractivity contribution >= 4 is 0 Å². The van der Waals surface area contributed by atoms with E-state index in [1.165, 1.54) is 0 Å². The Kier molecular flexibility index (Phi) is 5.64. The van der Waals surface area contributed by atoms with Gasteiger partial charge in [0.2, 0.25) is 0 Å². The Bertz CT molecular complexity index is 501. The number of allylic oxidation sites excluding steroid dienone is 1. The summed E-state index contributed by atoms with van der Waals surface area (Å²) in [6.07, 6.45) is -28.4. The first-order chi connectivity index (χ1) is 10.5. The lowest BCUT2D eigenvalue weighted by molar-refractivity contribution is -0.496. The summed E-state index contributed by atoms with van der Waals surface area (Å²) in [4.78, 5) is 0. The maximum Gasteiger partial charge on any atom is 0.492 e. The Morgan fingerprint density at radius 2 is 1.08 bits per heavy atom. The molecule has 0 rings (SSSR count). The summed E-state index contributed by atoms with van der Waals surface area (Å²) in [6, 6.07) is -7.81. The minimum Gasteiger partial charge on any atom is -0.425 e. The van der Waals surface area contributed by atoms with Crippen LogP contribution in [0.25, 0.3) is 0 Å². The molecule has 0 heterocycles. The number of hydrogen-bond donors (Lipinski definition) is 0. The highest BCUT2D eigenvalue weighted by molar-refractivity contribution is 5.07. The largest absolute Gasteiger partial charge is 0.492 e. The van der Waals surface area contributed by atoms with E-state index in [4.69, 9.17) is 0 Å². The molecular formula is C8H2F15NO. The smallest absolute Gasteiger partial charge is 0.425 e. The third-order valence-corrected chi connectivity index (χ3v) is 2.24. The first kappa shape index (κ1) is 23.4. The molecular weight excluding hydrogens is 411 g/mol. The molecule has 0 aromatic rings. The first-order valence-electron chi connectivity index (χ1n) is 5.02. The van der Waals surface area contributed by atoms with E-state index in [2.05, 4.69) is 4.74 Å². The molecule has 0 N–H and O–H groups in total. The summed E-state index contributed by atoms with van der Waals surface area (Å²) >= 11 is 0. The average molecular weight is 413 g/mol. The van der Waals surface area contributed by atoms with Crippen LogP contribution in [0.3, 0.4) is 0 Å². The molecule has 0 aromatic carbocycles. The lowest BCUT2D eigenvalue weighted by atomic mass is 10.0. The molecule has 0 aromatic heterocycles. The molecule has 0 aliphatic rings. The van der Waals surface area contributed by atoms with E-state index < -0.39 is 47.4 Å². The molecule has 0 aliphatic heterocycles. The van der Waals surface area contributed by atoms with Gasteiger partial charge in [-0.2, -0.15) is 57.1 Å². The van der Waals surface area contributed by atoms with Crippen molar-refractivity contribution in [1.29, 1.82) is 0 Å². The van der Waals surface area contributed by atoms with Gasteiger partial charge in [-0.05, 0) is 0 Å². The van der Waals surface area contributed by atoms with Crippen LogP contribution in [-0.4, -0.2) is 41.6 Å². The maximum absolute atomic E-state index is 13.4. The van der Waals surface area contributed by atoms with E-state index in [0.29, 0.717) is 0 Å². The zero-order chi connectivity index (χ0) is 20.9. The van der Waals surface area contributed by atoms with Gasteiger partial charge in [-0.25, -0.2) is 4.39 Å². The molecule has 0 spiro atoms. The molecule has 1 atom stereocenters. The third kappa shape index (κ3) is 4.00. The molecule has 2 nitrogen and oxygen atoms in total. The Hall–Kier alpha value is -1.55. The van der Waals surface area contributed by atoms with Gasteiger partial charge in [0.25, 0.3) is 0 Å². The van der Waals surface area contributed by atoms with Crippen LogP contribution in [0.1, 0.15) is 0 Å². The zero-order valence-corrected chi connectivity index (χ0v) is 10.7. The summed E-state index contributed by atoms with van der Waals surface area (Å²) in [5, 5.41) is -4.19. The summed E-state index contributed by atoms with van der Waals surface area (Å²) in [6.45, 7) is 1.55. The van der Waals surface area contributed by atoms with E-state index in [0.717, 1.165) is 0 Å². The van der Waals surface area contributed by atoms with Crippen molar-refractivity contribution in [2.75, 3.05) is 0 Å². The van der Waals surface area contributed by atoms with Crippen molar-refractivity contribution < 1.29 is 70.7 Å². The number of hydrogen-bond acceptors (Lipinski definition) is 2. The van der Waals surface area contributed by atoms with E-state index in [1.54, 1.807) is 6.58 Å². The monoisotopic (exact) mass is 413 g/mol. The minimum atomic E-state index is -7.91. The van der Waals surface area contributed by atoms with Gasteiger partial charge in [0.1, 0.15) is 0 Å². The molecule has 0 fully saturated rings. The fourth-order valence-electron chi connectivity index (χ4n) is 1.09. The van der Waals surface area contributed by atoms with Crippen LogP contribution in [0.15, 0.2) is 12.3 Å². The van der Waals surface area contributed by atoms with Gasteiger partial charge in [0.15, 0.2) is 5.76 Å². The fourth-order valence-corrected chi connectivity index (χ4v) is 1.09. The molecule has 0 saturated heterocycles. The highest BCUT2D eigenvalue weighted by atomic mass is 19.4. The number of alkyl halides is 14. The van der Waals surface area contributed by atoms with Crippen molar-refractivity contribution in [3.63, 3.8) is 0 Å². The second-order valence-corrected chi connectivity index (χ2v) is 3.99. The summed E-state index contributed by atoms with van der Waals surface area (Å²) in [5.74, 6) is -3.38. The van der Waals surface area contributed by atoms with E-state index in [1.807, 2.05) is 0 Å². The number of ether oxygens (including phenoxy) is 1. The van der Waals surface area contributed by atoms with E-state index in [9.17, 15) is 65.9 Å². The van der Waals surface area contributed by atoms with Gasteiger partial charge in [-0.3, -0.25) is 0 Å². The van der Waals surface area contributed by atoms with Crippen molar-refractivity contribution in [2.24, 2.45) is 0 Å². The average Bonchev–Trinajstić information content (AvgIpc) is 2.32.